The van der Waals surface area contributed by atoms with Gasteiger partial charge in [0.15, 0.2) is 0 Å². The first-order valence-electron chi connectivity index (χ1n) is 8.28. The van der Waals surface area contributed by atoms with E-state index in [4.69, 9.17) is 5.73 Å². The van der Waals surface area contributed by atoms with Gasteiger partial charge >= 0.3 is 0 Å². The Morgan fingerprint density at radius 2 is 2.17 bits per heavy atom. The predicted octanol–water partition coefficient (Wildman–Crippen LogP) is 2.07. The second kappa shape index (κ2) is 7.42. The minimum atomic E-state index is 0.102. The van der Waals surface area contributed by atoms with Gasteiger partial charge in [-0.15, -0.1) is 0 Å². The van der Waals surface area contributed by atoms with Crippen molar-refractivity contribution in [1.82, 2.24) is 15.1 Å². The number of nitrogens with two attached hydrogens (primary N) is 1. The lowest BCUT2D eigenvalue weighted by Crippen LogP contribution is -2.31. The summed E-state index contributed by atoms with van der Waals surface area (Å²) in [6, 6.07) is 10.4. The van der Waals surface area contributed by atoms with E-state index in [2.05, 4.69) is 22.5 Å². The second-order valence-corrected chi connectivity index (χ2v) is 6.36. The molecule has 1 heterocycles. The van der Waals surface area contributed by atoms with E-state index in [1.807, 2.05) is 29.1 Å². The van der Waals surface area contributed by atoms with Crippen molar-refractivity contribution in [1.29, 1.82) is 0 Å². The Hall–Kier alpha value is -2.14. The monoisotopic (exact) mass is 312 g/mol. The highest BCUT2D eigenvalue weighted by Crippen LogP contribution is 2.26. The van der Waals surface area contributed by atoms with Crippen LogP contribution in [-0.2, 0) is 17.9 Å². The van der Waals surface area contributed by atoms with Crippen molar-refractivity contribution in [2.45, 2.75) is 44.8 Å². The molecule has 2 atom stereocenters. The van der Waals surface area contributed by atoms with Gasteiger partial charge in [0.05, 0.1) is 6.54 Å². The van der Waals surface area contributed by atoms with E-state index in [0.29, 0.717) is 18.9 Å². The Bertz CT molecular complexity index is 638. The third-order valence-corrected chi connectivity index (χ3v) is 4.55. The van der Waals surface area contributed by atoms with Crippen molar-refractivity contribution in [2.24, 2.45) is 11.7 Å². The maximum Gasteiger partial charge on any atom is 0.220 e. The molecule has 1 amide bonds. The standard InChI is InChI=1S/C18H24N4O/c19-17-7-2-6-16(17)11-18(23)20-12-14-4-1-5-15(10-14)13-22-9-3-8-21-22/h1,3-5,8-10,16-17H,2,6-7,11-13,19H2,(H,20,23)/t16-,17+/m0/s1. The van der Waals surface area contributed by atoms with Gasteiger partial charge in [0, 0.05) is 31.4 Å². The average molecular weight is 312 g/mol. The van der Waals surface area contributed by atoms with Crippen LogP contribution in [0.15, 0.2) is 42.7 Å². The molecule has 1 fully saturated rings. The molecule has 1 saturated carbocycles. The molecule has 0 unspecified atom stereocenters. The highest BCUT2D eigenvalue weighted by atomic mass is 16.1. The van der Waals surface area contributed by atoms with Gasteiger partial charge in [0.1, 0.15) is 0 Å². The Labute approximate surface area is 136 Å². The lowest BCUT2D eigenvalue weighted by molar-refractivity contribution is -0.122. The minimum Gasteiger partial charge on any atom is -0.352 e. The zero-order chi connectivity index (χ0) is 16.1. The highest BCUT2D eigenvalue weighted by molar-refractivity contribution is 5.76. The van der Waals surface area contributed by atoms with Crippen LogP contribution in [0.25, 0.3) is 0 Å². The first-order valence-corrected chi connectivity index (χ1v) is 8.28. The van der Waals surface area contributed by atoms with Crippen molar-refractivity contribution in [3.63, 3.8) is 0 Å². The van der Waals surface area contributed by atoms with Gasteiger partial charge in [-0.3, -0.25) is 9.48 Å². The molecule has 1 aliphatic carbocycles. The average Bonchev–Trinajstić information content (AvgIpc) is 3.18. The van der Waals surface area contributed by atoms with E-state index in [9.17, 15) is 4.79 Å². The number of aromatic nitrogens is 2. The molecule has 3 rings (SSSR count). The largest absolute Gasteiger partial charge is 0.352 e. The summed E-state index contributed by atoms with van der Waals surface area (Å²) in [4.78, 5) is 12.1. The fourth-order valence-corrected chi connectivity index (χ4v) is 3.25. The molecule has 2 aromatic rings. The first kappa shape index (κ1) is 15.7. The topological polar surface area (TPSA) is 72.9 Å². The molecule has 0 radical (unpaired) electrons. The number of carbonyl (C=O) groups is 1. The van der Waals surface area contributed by atoms with Crippen LogP contribution in [-0.4, -0.2) is 21.7 Å². The van der Waals surface area contributed by atoms with E-state index in [1.165, 1.54) is 5.56 Å². The molecule has 3 N–H and O–H groups in total. The Balaban J connectivity index is 1.50. The van der Waals surface area contributed by atoms with Gasteiger partial charge < -0.3 is 11.1 Å². The molecule has 0 aliphatic heterocycles. The van der Waals surface area contributed by atoms with Crippen molar-refractivity contribution in [3.8, 4) is 0 Å². The van der Waals surface area contributed by atoms with Crippen LogP contribution in [0.4, 0.5) is 0 Å². The van der Waals surface area contributed by atoms with Gasteiger partial charge in [-0.2, -0.15) is 5.10 Å². The third kappa shape index (κ3) is 4.42. The van der Waals surface area contributed by atoms with Crippen molar-refractivity contribution in [3.05, 3.63) is 53.9 Å². The second-order valence-electron chi connectivity index (χ2n) is 6.36. The fraction of sp³-hybridized carbons (Fsp3) is 0.444. The number of amides is 1. The van der Waals surface area contributed by atoms with Crippen molar-refractivity contribution in [2.75, 3.05) is 0 Å². The van der Waals surface area contributed by atoms with E-state index in [1.54, 1.807) is 6.20 Å². The Morgan fingerprint density at radius 1 is 1.30 bits per heavy atom. The first-order chi connectivity index (χ1) is 11.2. The normalized spacial score (nSPS) is 20.6. The lowest BCUT2D eigenvalue weighted by atomic mass is 10.00. The summed E-state index contributed by atoms with van der Waals surface area (Å²) in [5, 5.41) is 7.23. The summed E-state index contributed by atoms with van der Waals surface area (Å²) < 4.78 is 1.89. The summed E-state index contributed by atoms with van der Waals surface area (Å²) in [5.41, 5.74) is 8.32. The third-order valence-electron chi connectivity index (χ3n) is 4.55. The maximum atomic E-state index is 12.1. The summed E-state index contributed by atoms with van der Waals surface area (Å²) in [5.74, 6) is 0.450. The minimum absolute atomic E-state index is 0.102. The molecular formula is C18H24N4O. The van der Waals surface area contributed by atoms with Crippen molar-refractivity contribution < 1.29 is 4.79 Å². The maximum absolute atomic E-state index is 12.1. The van der Waals surface area contributed by atoms with Gasteiger partial charge in [0.25, 0.3) is 0 Å². The van der Waals surface area contributed by atoms with E-state index < -0.39 is 0 Å². The molecule has 1 aromatic carbocycles. The predicted molar refractivity (Wildman–Crippen MR) is 89.6 cm³/mol. The SMILES string of the molecule is N[C@@H]1CCC[C@H]1CC(=O)NCc1cccc(Cn2cccn2)c1. The zero-order valence-electron chi connectivity index (χ0n) is 13.3. The summed E-state index contributed by atoms with van der Waals surface area (Å²) >= 11 is 0. The highest BCUT2D eigenvalue weighted by Gasteiger charge is 2.25. The molecule has 23 heavy (non-hydrogen) atoms. The number of carbonyl (C=O) groups excluding carboxylic acids is 1. The fourth-order valence-electron chi connectivity index (χ4n) is 3.25. The molecule has 5 heteroatoms. The molecule has 122 valence electrons. The van der Waals surface area contributed by atoms with Crippen LogP contribution in [0, 0.1) is 5.92 Å². The molecule has 1 aromatic heterocycles. The van der Waals surface area contributed by atoms with Crippen LogP contribution in [0.2, 0.25) is 0 Å². The molecule has 0 spiro atoms. The van der Waals surface area contributed by atoms with E-state index >= 15 is 0 Å². The number of benzene rings is 1. The van der Waals surface area contributed by atoms with Crippen LogP contribution in [0.1, 0.15) is 36.8 Å². The van der Waals surface area contributed by atoms with Gasteiger partial charge in [-0.1, -0.05) is 30.7 Å². The number of hydrogen-bond acceptors (Lipinski definition) is 3. The lowest BCUT2D eigenvalue weighted by Gasteiger charge is -2.15. The van der Waals surface area contributed by atoms with Gasteiger partial charge in [-0.25, -0.2) is 0 Å². The quantitative estimate of drug-likeness (QED) is 0.857. The van der Waals surface area contributed by atoms with Crippen LogP contribution in [0.3, 0.4) is 0 Å². The summed E-state index contributed by atoms with van der Waals surface area (Å²) in [6.45, 7) is 1.31. The van der Waals surface area contributed by atoms with Crippen LogP contribution >= 0.6 is 0 Å². The molecular weight excluding hydrogens is 288 g/mol. The molecule has 0 bridgehead atoms. The number of nitrogens with one attached hydrogen (secondary N) is 1. The van der Waals surface area contributed by atoms with Gasteiger partial charge in [0.2, 0.25) is 5.91 Å². The molecule has 1 aliphatic rings. The number of rotatable bonds is 6. The Morgan fingerprint density at radius 3 is 2.91 bits per heavy atom. The zero-order valence-corrected chi connectivity index (χ0v) is 13.3. The smallest absolute Gasteiger partial charge is 0.220 e. The number of hydrogen-bond donors (Lipinski definition) is 2. The van der Waals surface area contributed by atoms with Crippen molar-refractivity contribution >= 4 is 5.91 Å². The van der Waals surface area contributed by atoms with Gasteiger partial charge in [-0.05, 0) is 36.0 Å². The Kier molecular flexibility index (Phi) is 5.08. The number of nitrogens with zero attached hydrogens (tertiary/aromatic N) is 2. The van der Waals surface area contributed by atoms with Crippen LogP contribution in [0.5, 0.6) is 0 Å². The molecule has 0 saturated heterocycles. The van der Waals surface area contributed by atoms with E-state index in [-0.39, 0.29) is 11.9 Å². The van der Waals surface area contributed by atoms with Crippen LogP contribution < -0.4 is 11.1 Å². The molecule has 5 nitrogen and oxygen atoms in total. The summed E-state index contributed by atoms with van der Waals surface area (Å²) in [6.07, 6.45) is 7.54. The summed E-state index contributed by atoms with van der Waals surface area (Å²) in [7, 11) is 0. The van der Waals surface area contributed by atoms with E-state index in [0.717, 1.165) is 31.4 Å².